The predicted octanol–water partition coefficient (Wildman–Crippen LogP) is 2.95. The molecule has 25 heavy (non-hydrogen) atoms. The van der Waals surface area contributed by atoms with Crippen LogP contribution in [0, 0.1) is 0 Å². The van der Waals surface area contributed by atoms with Gasteiger partial charge in [-0.1, -0.05) is 35.9 Å². The zero-order valence-electron chi connectivity index (χ0n) is 14.5. The highest BCUT2D eigenvalue weighted by atomic mass is 35.5. The van der Waals surface area contributed by atoms with Crippen LogP contribution in [0.1, 0.15) is 11.1 Å². The van der Waals surface area contributed by atoms with Crippen LogP contribution in [-0.2, 0) is 17.8 Å². The molecule has 3 rings (SSSR count). The zero-order chi connectivity index (χ0) is 17.6. The summed E-state index contributed by atoms with van der Waals surface area (Å²) in [5, 5.41) is 3.66. The van der Waals surface area contributed by atoms with Gasteiger partial charge in [0, 0.05) is 43.4 Å². The number of anilines is 1. The van der Waals surface area contributed by atoms with Crippen molar-refractivity contribution in [3.63, 3.8) is 0 Å². The highest BCUT2D eigenvalue weighted by molar-refractivity contribution is 6.30. The lowest BCUT2D eigenvalue weighted by Crippen LogP contribution is -2.44. The van der Waals surface area contributed by atoms with Crippen LogP contribution in [0.4, 0.5) is 5.69 Å². The van der Waals surface area contributed by atoms with Crippen molar-refractivity contribution >= 4 is 23.2 Å². The molecule has 4 nitrogen and oxygen atoms in total. The van der Waals surface area contributed by atoms with E-state index in [1.54, 1.807) is 12.1 Å². The van der Waals surface area contributed by atoms with Crippen molar-refractivity contribution in [2.24, 2.45) is 0 Å². The lowest BCUT2D eigenvalue weighted by molar-refractivity contribution is -0.120. The number of carbonyl (C=O) groups excluding carboxylic acids is 1. The minimum absolute atomic E-state index is 0.0190. The molecule has 0 saturated carbocycles. The number of hydrogen-bond donors (Lipinski definition) is 1. The average molecular weight is 358 g/mol. The Morgan fingerprint density at radius 1 is 0.960 bits per heavy atom. The Morgan fingerprint density at radius 3 is 2.20 bits per heavy atom. The third-order valence-electron chi connectivity index (χ3n) is 4.57. The Labute approximate surface area is 154 Å². The van der Waals surface area contributed by atoms with E-state index in [4.69, 9.17) is 11.6 Å². The Morgan fingerprint density at radius 2 is 1.56 bits per heavy atom. The van der Waals surface area contributed by atoms with Crippen LogP contribution in [-0.4, -0.2) is 44.0 Å². The maximum absolute atomic E-state index is 12.1. The molecule has 0 unspecified atom stereocenters. The number of carbonyl (C=O) groups is 1. The molecule has 1 amide bonds. The first kappa shape index (κ1) is 17.8. The lowest BCUT2D eigenvalue weighted by Gasteiger charge is -2.34. The molecule has 0 spiro atoms. The Hall–Kier alpha value is -2.04. The van der Waals surface area contributed by atoms with Gasteiger partial charge in [0.25, 0.3) is 0 Å². The molecule has 0 bridgehead atoms. The zero-order valence-corrected chi connectivity index (χ0v) is 15.3. The molecule has 1 aliphatic rings. The highest BCUT2D eigenvalue weighted by Gasteiger charge is 2.14. The van der Waals surface area contributed by atoms with Gasteiger partial charge in [-0.3, -0.25) is 4.79 Å². The molecule has 0 aromatic heterocycles. The molecule has 1 heterocycles. The summed E-state index contributed by atoms with van der Waals surface area (Å²) in [5.74, 6) is 0.0190. The van der Waals surface area contributed by atoms with E-state index >= 15 is 0 Å². The second kappa shape index (κ2) is 8.37. The molecule has 0 aliphatic carbocycles. The Bertz CT molecular complexity index is 692. The largest absolute Gasteiger partial charge is 0.369 e. The Kier molecular flexibility index (Phi) is 5.95. The van der Waals surface area contributed by atoms with Crippen LogP contribution in [0.3, 0.4) is 0 Å². The number of likely N-dealkylation sites (N-methyl/N-ethyl adjacent to an activating group) is 1. The molecule has 1 N–H and O–H groups in total. The average Bonchev–Trinajstić information content (AvgIpc) is 2.63. The summed E-state index contributed by atoms with van der Waals surface area (Å²) in [7, 11) is 2.16. The molecule has 0 radical (unpaired) electrons. The fourth-order valence-corrected chi connectivity index (χ4v) is 3.07. The van der Waals surface area contributed by atoms with Gasteiger partial charge in [0.05, 0.1) is 6.42 Å². The van der Waals surface area contributed by atoms with Gasteiger partial charge >= 0.3 is 0 Å². The van der Waals surface area contributed by atoms with Gasteiger partial charge in [0.15, 0.2) is 0 Å². The van der Waals surface area contributed by atoms with Gasteiger partial charge in [-0.25, -0.2) is 0 Å². The minimum atomic E-state index is 0.0190. The van der Waals surface area contributed by atoms with Gasteiger partial charge in [-0.15, -0.1) is 0 Å². The van der Waals surface area contributed by atoms with E-state index in [9.17, 15) is 4.79 Å². The summed E-state index contributed by atoms with van der Waals surface area (Å²) >= 11 is 5.86. The number of rotatable bonds is 5. The second-order valence-corrected chi connectivity index (χ2v) is 6.97. The van der Waals surface area contributed by atoms with E-state index in [2.05, 4.69) is 46.4 Å². The topological polar surface area (TPSA) is 35.6 Å². The summed E-state index contributed by atoms with van der Waals surface area (Å²) in [6.07, 6.45) is 0.372. The van der Waals surface area contributed by atoms with Gasteiger partial charge in [0.1, 0.15) is 0 Å². The summed E-state index contributed by atoms with van der Waals surface area (Å²) in [6, 6.07) is 15.9. The number of nitrogens with one attached hydrogen (secondary N) is 1. The number of halogens is 1. The molecule has 2 aromatic rings. The quantitative estimate of drug-likeness (QED) is 0.893. The van der Waals surface area contributed by atoms with Gasteiger partial charge in [0.2, 0.25) is 5.91 Å². The standard InChI is InChI=1S/C20H24ClN3O/c1-23-10-12-24(13-11-23)19-8-4-17(5-9-19)15-22-20(25)14-16-2-6-18(21)7-3-16/h2-9H,10-15H2,1H3,(H,22,25). The number of nitrogens with zero attached hydrogens (tertiary/aromatic N) is 2. The SMILES string of the molecule is CN1CCN(c2ccc(CNC(=O)Cc3ccc(Cl)cc3)cc2)CC1. The maximum Gasteiger partial charge on any atom is 0.224 e. The van der Waals surface area contributed by atoms with E-state index in [0.717, 1.165) is 37.3 Å². The van der Waals surface area contributed by atoms with Crippen LogP contribution in [0.5, 0.6) is 0 Å². The van der Waals surface area contributed by atoms with Gasteiger partial charge in [-0.2, -0.15) is 0 Å². The van der Waals surface area contributed by atoms with Crippen LogP contribution >= 0.6 is 11.6 Å². The summed E-state index contributed by atoms with van der Waals surface area (Å²) in [5.41, 5.74) is 3.33. The number of piperazine rings is 1. The molecule has 132 valence electrons. The molecule has 1 aliphatic heterocycles. The van der Waals surface area contributed by atoms with Crippen LogP contribution in [0.25, 0.3) is 0 Å². The smallest absolute Gasteiger partial charge is 0.224 e. The molecule has 5 heteroatoms. The van der Waals surface area contributed by atoms with Crippen molar-refractivity contribution in [2.75, 3.05) is 38.1 Å². The van der Waals surface area contributed by atoms with Crippen LogP contribution < -0.4 is 10.2 Å². The van der Waals surface area contributed by atoms with E-state index in [1.165, 1.54) is 5.69 Å². The van der Waals surface area contributed by atoms with Crippen molar-refractivity contribution in [3.05, 3.63) is 64.7 Å². The molecule has 1 fully saturated rings. The van der Waals surface area contributed by atoms with E-state index in [1.807, 2.05) is 12.1 Å². The fraction of sp³-hybridized carbons (Fsp3) is 0.350. The third kappa shape index (κ3) is 5.21. The fourth-order valence-electron chi connectivity index (χ4n) is 2.94. The summed E-state index contributed by atoms with van der Waals surface area (Å²) in [4.78, 5) is 16.8. The third-order valence-corrected chi connectivity index (χ3v) is 4.82. The monoisotopic (exact) mass is 357 g/mol. The van der Waals surface area contributed by atoms with Crippen molar-refractivity contribution in [2.45, 2.75) is 13.0 Å². The van der Waals surface area contributed by atoms with E-state index in [-0.39, 0.29) is 5.91 Å². The normalized spacial score (nSPS) is 15.2. The summed E-state index contributed by atoms with van der Waals surface area (Å²) < 4.78 is 0. The molecule has 0 atom stereocenters. The first-order valence-electron chi connectivity index (χ1n) is 8.64. The van der Waals surface area contributed by atoms with Crippen LogP contribution in [0.15, 0.2) is 48.5 Å². The molecular formula is C20H24ClN3O. The van der Waals surface area contributed by atoms with Gasteiger partial charge < -0.3 is 15.1 Å². The predicted molar refractivity (Wildman–Crippen MR) is 103 cm³/mol. The highest BCUT2D eigenvalue weighted by Crippen LogP contribution is 2.17. The second-order valence-electron chi connectivity index (χ2n) is 6.54. The molecule has 1 saturated heterocycles. The van der Waals surface area contributed by atoms with Crippen molar-refractivity contribution in [1.82, 2.24) is 10.2 Å². The number of amides is 1. The van der Waals surface area contributed by atoms with E-state index < -0.39 is 0 Å². The van der Waals surface area contributed by atoms with Crippen LogP contribution in [0.2, 0.25) is 5.02 Å². The molecule has 2 aromatic carbocycles. The van der Waals surface area contributed by atoms with E-state index in [0.29, 0.717) is 18.0 Å². The lowest BCUT2D eigenvalue weighted by atomic mass is 10.1. The van der Waals surface area contributed by atoms with Crippen molar-refractivity contribution < 1.29 is 4.79 Å². The minimum Gasteiger partial charge on any atom is -0.369 e. The van der Waals surface area contributed by atoms with Crippen molar-refractivity contribution in [1.29, 1.82) is 0 Å². The molecular weight excluding hydrogens is 334 g/mol. The Balaban J connectivity index is 1.48. The van der Waals surface area contributed by atoms with Crippen molar-refractivity contribution in [3.8, 4) is 0 Å². The van der Waals surface area contributed by atoms with Gasteiger partial charge in [-0.05, 0) is 42.4 Å². The number of hydrogen-bond acceptors (Lipinski definition) is 3. The number of benzene rings is 2. The summed E-state index contributed by atoms with van der Waals surface area (Å²) in [6.45, 7) is 4.88. The maximum atomic E-state index is 12.1. The first-order chi connectivity index (χ1) is 12.1. The first-order valence-corrected chi connectivity index (χ1v) is 9.01.